The van der Waals surface area contributed by atoms with Gasteiger partial charge in [-0.2, -0.15) is 0 Å². The normalized spacial score (nSPS) is 13.0. The Morgan fingerprint density at radius 3 is 2.52 bits per heavy atom. The molecule has 1 atom stereocenters. The highest BCUT2D eigenvalue weighted by molar-refractivity contribution is 5.98. The molecule has 0 saturated carbocycles. The summed E-state index contributed by atoms with van der Waals surface area (Å²) in [6.07, 6.45) is 0. The van der Waals surface area contributed by atoms with Crippen LogP contribution in [0.2, 0.25) is 0 Å². The van der Waals surface area contributed by atoms with Gasteiger partial charge >= 0.3 is 0 Å². The summed E-state index contributed by atoms with van der Waals surface area (Å²) in [4.78, 5) is 12.2. The molecule has 0 fully saturated rings. The van der Waals surface area contributed by atoms with Crippen molar-refractivity contribution in [3.05, 3.63) is 30.2 Å². The van der Waals surface area contributed by atoms with Crippen LogP contribution in [0.4, 0.5) is 5.69 Å². The van der Waals surface area contributed by atoms with Gasteiger partial charge in [-0.05, 0) is 17.5 Å². The minimum absolute atomic E-state index is 0.244. The van der Waals surface area contributed by atoms with E-state index in [1.165, 1.54) is 0 Å². The van der Waals surface area contributed by atoms with Gasteiger partial charge in [0.15, 0.2) is 0 Å². The van der Waals surface area contributed by atoms with E-state index in [-0.39, 0.29) is 11.3 Å². The van der Waals surface area contributed by atoms with Crippen LogP contribution in [0.1, 0.15) is 26.7 Å². The average Bonchev–Trinajstić information content (AvgIpc) is 2.84. The molecule has 0 aliphatic carbocycles. The maximum Gasteiger partial charge on any atom is 0.249 e. The number of carbonyl (C=O) groups excluding carboxylic acids is 1. The largest absolute Gasteiger partial charge is 0.421 e. The van der Waals surface area contributed by atoms with Crippen LogP contribution in [0.25, 0.3) is 11.5 Å². The summed E-state index contributed by atoms with van der Waals surface area (Å²) in [5, 5.41) is 10.6. The van der Waals surface area contributed by atoms with Gasteiger partial charge in [-0.15, -0.1) is 10.2 Å². The summed E-state index contributed by atoms with van der Waals surface area (Å²) >= 11 is 0. The minimum Gasteiger partial charge on any atom is -0.421 e. The van der Waals surface area contributed by atoms with Crippen LogP contribution in [-0.2, 0) is 4.79 Å². The smallest absolute Gasteiger partial charge is 0.249 e. The van der Waals surface area contributed by atoms with Gasteiger partial charge in [-0.25, -0.2) is 0 Å². The molecule has 2 rings (SSSR count). The summed E-state index contributed by atoms with van der Waals surface area (Å²) < 4.78 is 5.41. The van der Waals surface area contributed by atoms with Crippen LogP contribution in [-0.4, -0.2) is 22.1 Å². The van der Waals surface area contributed by atoms with Gasteiger partial charge in [-0.1, -0.05) is 32.9 Å². The summed E-state index contributed by atoms with van der Waals surface area (Å²) in [6, 6.07) is 6.64. The maximum absolute atomic E-state index is 12.2. The molecule has 0 bridgehead atoms. The molecule has 2 aromatic rings. The molecule has 1 aromatic carbocycles. The van der Waals surface area contributed by atoms with Crippen molar-refractivity contribution in [2.24, 2.45) is 11.1 Å². The second-order valence-corrected chi connectivity index (χ2v) is 6.00. The fraction of sp³-hybridized carbons (Fsp3) is 0.400. The number of para-hydroxylation sites is 1. The third-order valence-electron chi connectivity index (χ3n) is 3.16. The number of anilines is 1. The number of amides is 1. The summed E-state index contributed by atoms with van der Waals surface area (Å²) in [6.45, 7) is 7.48. The lowest BCUT2D eigenvalue weighted by molar-refractivity contribution is -0.119. The first-order valence-corrected chi connectivity index (χ1v) is 6.75. The van der Waals surface area contributed by atoms with Crippen LogP contribution in [0.5, 0.6) is 0 Å². The quantitative estimate of drug-likeness (QED) is 0.904. The standard InChI is InChI=1S/C15H20N4O2/c1-9-18-19-14(21-9)10-7-5-6-8-11(10)17-13(20)12(16)15(2,3)4/h5-8,12H,16H2,1-4H3,(H,17,20)/t12-/m1/s1. The molecular formula is C15H20N4O2. The molecule has 21 heavy (non-hydrogen) atoms. The Morgan fingerprint density at radius 2 is 1.95 bits per heavy atom. The molecule has 0 radical (unpaired) electrons. The fourth-order valence-corrected chi connectivity index (χ4v) is 1.79. The number of hydrogen-bond acceptors (Lipinski definition) is 5. The molecule has 1 amide bonds. The number of nitrogens with one attached hydrogen (secondary N) is 1. The van der Waals surface area contributed by atoms with E-state index in [2.05, 4.69) is 15.5 Å². The highest BCUT2D eigenvalue weighted by Gasteiger charge is 2.28. The zero-order chi connectivity index (χ0) is 15.6. The van der Waals surface area contributed by atoms with E-state index in [4.69, 9.17) is 10.2 Å². The first-order valence-electron chi connectivity index (χ1n) is 6.75. The zero-order valence-electron chi connectivity index (χ0n) is 12.7. The van der Waals surface area contributed by atoms with E-state index < -0.39 is 6.04 Å². The Labute approximate surface area is 123 Å². The zero-order valence-corrected chi connectivity index (χ0v) is 12.7. The van der Waals surface area contributed by atoms with Crippen LogP contribution in [0, 0.1) is 12.3 Å². The molecule has 112 valence electrons. The number of hydrogen-bond donors (Lipinski definition) is 2. The Balaban J connectivity index is 2.28. The van der Waals surface area contributed by atoms with Gasteiger partial charge in [0.1, 0.15) is 0 Å². The molecule has 3 N–H and O–H groups in total. The third-order valence-corrected chi connectivity index (χ3v) is 3.16. The van der Waals surface area contributed by atoms with Crippen molar-refractivity contribution in [2.45, 2.75) is 33.7 Å². The van der Waals surface area contributed by atoms with Gasteiger partial charge in [0.25, 0.3) is 0 Å². The van der Waals surface area contributed by atoms with E-state index in [9.17, 15) is 4.79 Å². The second-order valence-electron chi connectivity index (χ2n) is 6.00. The SMILES string of the molecule is Cc1nnc(-c2ccccc2NC(=O)[C@@H](N)C(C)(C)C)o1. The van der Waals surface area contributed by atoms with Crippen LogP contribution < -0.4 is 11.1 Å². The predicted octanol–water partition coefficient (Wildman–Crippen LogP) is 2.36. The molecule has 0 saturated heterocycles. The predicted molar refractivity (Wildman–Crippen MR) is 80.5 cm³/mol. The topological polar surface area (TPSA) is 94.0 Å². The summed E-state index contributed by atoms with van der Waals surface area (Å²) in [7, 11) is 0. The molecule has 0 unspecified atom stereocenters. The van der Waals surface area contributed by atoms with Gasteiger partial charge in [0.05, 0.1) is 17.3 Å². The Morgan fingerprint density at radius 1 is 1.29 bits per heavy atom. The first kappa shape index (κ1) is 15.2. The van der Waals surface area contributed by atoms with Gasteiger partial charge in [-0.3, -0.25) is 4.79 Å². The lowest BCUT2D eigenvalue weighted by Crippen LogP contribution is -2.45. The molecule has 6 heteroatoms. The molecular weight excluding hydrogens is 268 g/mol. The van der Waals surface area contributed by atoms with Crippen molar-refractivity contribution >= 4 is 11.6 Å². The molecule has 0 spiro atoms. The van der Waals surface area contributed by atoms with Crippen LogP contribution >= 0.6 is 0 Å². The average molecular weight is 288 g/mol. The van der Waals surface area contributed by atoms with Gasteiger partial charge < -0.3 is 15.5 Å². The summed E-state index contributed by atoms with van der Waals surface area (Å²) in [5.74, 6) is 0.594. The van der Waals surface area contributed by atoms with Crippen molar-refractivity contribution in [3.63, 3.8) is 0 Å². The molecule has 0 aliphatic rings. The van der Waals surface area contributed by atoms with Gasteiger partial charge in [0.2, 0.25) is 17.7 Å². The lowest BCUT2D eigenvalue weighted by atomic mass is 9.87. The van der Waals surface area contributed by atoms with E-state index >= 15 is 0 Å². The molecule has 1 aromatic heterocycles. The number of nitrogens with two attached hydrogens (primary N) is 1. The number of carbonyl (C=O) groups is 1. The minimum atomic E-state index is -0.616. The second kappa shape index (κ2) is 5.65. The van der Waals surface area contributed by atoms with Crippen LogP contribution in [0.3, 0.4) is 0 Å². The highest BCUT2D eigenvalue weighted by atomic mass is 16.4. The van der Waals surface area contributed by atoms with E-state index in [1.54, 1.807) is 13.0 Å². The van der Waals surface area contributed by atoms with E-state index in [0.717, 1.165) is 0 Å². The van der Waals surface area contributed by atoms with Crippen molar-refractivity contribution in [3.8, 4) is 11.5 Å². The highest BCUT2D eigenvalue weighted by Crippen LogP contribution is 2.27. The Kier molecular flexibility index (Phi) is 4.09. The van der Waals surface area contributed by atoms with Gasteiger partial charge in [0, 0.05) is 6.92 Å². The van der Waals surface area contributed by atoms with E-state index in [0.29, 0.717) is 23.0 Å². The number of nitrogens with zero attached hydrogens (tertiary/aromatic N) is 2. The fourth-order valence-electron chi connectivity index (χ4n) is 1.79. The van der Waals surface area contributed by atoms with Crippen molar-refractivity contribution in [2.75, 3.05) is 5.32 Å². The maximum atomic E-state index is 12.2. The number of aryl methyl sites for hydroxylation is 1. The molecule has 0 aliphatic heterocycles. The number of benzene rings is 1. The van der Waals surface area contributed by atoms with Crippen LogP contribution in [0.15, 0.2) is 28.7 Å². The monoisotopic (exact) mass is 288 g/mol. The summed E-state index contributed by atoms with van der Waals surface area (Å²) in [5.41, 5.74) is 6.93. The van der Waals surface area contributed by atoms with Crippen molar-refractivity contribution < 1.29 is 9.21 Å². The van der Waals surface area contributed by atoms with E-state index in [1.807, 2.05) is 39.0 Å². The number of rotatable bonds is 3. The lowest BCUT2D eigenvalue weighted by Gasteiger charge is -2.26. The Bertz CT molecular complexity index is 643. The van der Waals surface area contributed by atoms with Crippen molar-refractivity contribution in [1.82, 2.24) is 10.2 Å². The molecule has 1 heterocycles. The van der Waals surface area contributed by atoms with Crippen molar-refractivity contribution in [1.29, 1.82) is 0 Å². The third kappa shape index (κ3) is 3.46. The Hall–Kier alpha value is -2.21. The number of aromatic nitrogens is 2. The molecule has 6 nitrogen and oxygen atoms in total. The first-order chi connectivity index (χ1) is 9.79.